The lowest BCUT2D eigenvalue weighted by atomic mass is 10.1. The van der Waals surface area contributed by atoms with Crippen LogP contribution < -0.4 is 0 Å². The van der Waals surface area contributed by atoms with E-state index >= 15 is 0 Å². The smallest absolute Gasteiger partial charge is 0.409 e. The van der Waals surface area contributed by atoms with Gasteiger partial charge in [0.15, 0.2) is 0 Å². The highest BCUT2D eigenvalue weighted by atomic mass is 32.1. The SMILES string of the molecule is CCCCOC(=O)N1CCc2cc(C#N)c(=S)[nH]c2CC1. The molecule has 0 bridgehead atoms. The number of nitrogens with zero attached hydrogens (tertiary/aromatic N) is 2. The standard InChI is InChI=1S/C15H19N3O2S/c1-2-3-8-20-15(19)18-6-4-11-9-12(10-16)14(21)17-13(11)5-7-18/h9H,2-8H2,1H3,(H,17,21). The van der Waals surface area contributed by atoms with Crippen molar-refractivity contribution in [2.24, 2.45) is 0 Å². The van der Waals surface area contributed by atoms with Crippen molar-refractivity contribution in [3.63, 3.8) is 0 Å². The van der Waals surface area contributed by atoms with Gasteiger partial charge in [-0.2, -0.15) is 5.26 Å². The molecule has 1 aromatic rings. The number of fused-ring (bicyclic) bond motifs is 1. The number of hydrogen-bond donors (Lipinski definition) is 1. The Hall–Kier alpha value is -1.87. The van der Waals surface area contributed by atoms with Crippen molar-refractivity contribution < 1.29 is 9.53 Å². The summed E-state index contributed by atoms with van der Waals surface area (Å²) >= 11 is 5.15. The van der Waals surface area contributed by atoms with Gasteiger partial charge in [0.05, 0.1) is 12.2 Å². The quantitative estimate of drug-likeness (QED) is 0.688. The van der Waals surface area contributed by atoms with Crippen molar-refractivity contribution in [1.82, 2.24) is 9.88 Å². The van der Waals surface area contributed by atoms with E-state index in [1.807, 2.05) is 6.07 Å². The predicted molar refractivity (Wildman–Crippen MR) is 81.6 cm³/mol. The van der Waals surface area contributed by atoms with E-state index in [2.05, 4.69) is 18.0 Å². The summed E-state index contributed by atoms with van der Waals surface area (Å²) in [6, 6.07) is 3.93. The molecule has 1 amide bonds. The van der Waals surface area contributed by atoms with Gasteiger partial charge in [-0.3, -0.25) is 0 Å². The summed E-state index contributed by atoms with van der Waals surface area (Å²) in [6.07, 6.45) is 3.05. The molecule has 1 N–H and O–H groups in total. The first-order valence-corrected chi connectivity index (χ1v) is 7.63. The van der Waals surface area contributed by atoms with Gasteiger partial charge < -0.3 is 14.6 Å². The van der Waals surface area contributed by atoms with E-state index in [-0.39, 0.29) is 6.09 Å². The van der Waals surface area contributed by atoms with E-state index in [0.29, 0.717) is 42.7 Å². The molecule has 0 atom stereocenters. The number of aromatic amines is 1. The molecule has 0 unspecified atom stereocenters. The number of H-pyrrole nitrogens is 1. The molecular formula is C15H19N3O2S. The minimum absolute atomic E-state index is 0.254. The second kappa shape index (κ2) is 7.23. The molecule has 5 nitrogen and oxygen atoms in total. The van der Waals surface area contributed by atoms with E-state index in [0.717, 1.165) is 24.1 Å². The Morgan fingerprint density at radius 1 is 1.52 bits per heavy atom. The molecule has 0 saturated heterocycles. The number of rotatable bonds is 3. The number of pyridine rings is 1. The van der Waals surface area contributed by atoms with Gasteiger partial charge in [0.2, 0.25) is 0 Å². The van der Waals surface area contributed by atoms with Crippen molar-refractivity contribution in [1.29, 1.82) is 5.26 Å². The largest absolute Gasteiger partial charge is 0.449 e. The van der Waals surface area contributed by atoms with Crippen molar-refractivity contribution in [3.05, 3.63) is 27.5 Å². The van der Waals surface area contributed by atoms with Crippen molar-refractivity contribution in [2.45, 2.75) is 32.6 Å². The van der Waals surface area contributed by atoms with Crippen LogP contribution in [-0.2, 0) is 17.6 Å². The van der Waals surface area contributed by atoms with E-state index in [9.17, 15) is 4.79 Å². The van der Waals surface area contributed by atoms with Gasteiger partial charge in [0, 0.05) is 25.2 Å². The topological polar surface area (TPSA) is 69.1 Å². The average molecular weight is 305 g/mol. The van der Waals surface area contributed by atoms with Gasteiger partial charge in [0.25, 0.3) is 0 Å². The second-order valence-electron chi connectivity index (χ2n) is 5.08. The van der Waals surface area contributed by atoms with Crippen LogP contribution in [0, 0.1) is 16.0 Å². The molecule has 0 aromatic carbocycles. The molecule has 0 aliphatic carbocycles. The summed E-state index contributed by atoms with van der Waals surface area (Å²) in [4.78, 5) is 16.8. The van der Waals surface area contributed by atoms with Gasteiger partial charge >= 0.3 is 6.09 Å². The molecule has 1 aliphatic heterocycles. The number of ether oxygens (including phenoxy) is 1. The monoisotopic (exact) mass is 305 g/mol. The van der Waals surface area contributed by atoms with Gasteiger partial charge in [-0.1, -0.05) is 25.6 Å². The van der Waals surface area contributed by atoms with Crippen molar-refractivity contribution >= 4 is 18.3 Å². The Morgan fingerprint density at radius 2 is 2.29 bits per heavy atom. The Labute approximate surface area is 129 Å². The molecule has 21 heavy (non-hydrogen) atoms. The molecule has 1 aromatic heterocycles. The van der Waals surface area contributed by atoms with E-state index in [4.69, 9.17) is 22.2 Å². The lowest BCUT2D eigenvalue weighted by Crippen LogP contribution is -2.34. The number of nitrogens with one attached hydrogen (secondary N) is 1. The van der Waals surface area contributed by atoms with Crippen LogP contribution >= 0.6 is 12.2 Å². The highest BCUT2D eigenvalue weighted by molar-refractivity contribution is 7.71. The maximum Gasteiger partial charge on any atom is 0.409 e. The van der Waals surface area contributed by atoms with Gasteiger partial charge in [-0.15, -0.1) is 0 Å². The van der Waals surface area contributed by atoms with Gasteiger partial charge in [-0.25, -0.2) is 4.79 Å². The van der Waals surface area contributed by atoms with Crippen LogP contribution in [0.3, 0.4) is 0 Å². The minimum Gasteiger partial charge on any atom is -0.449 e. The summed E-state index contributed by atoms with van der Waals surface area (Å²) in [6.45, 7) is 3.74. The maximum absolute atomic E-state index is 12.0. The summed E-state index contributed by atoms with van der Waals surface area (Å²) in [5.41, 5.74) is 2.56. The number of aromatic nitrogens is 1. The molecule has 0 fully saturated rings. The summed E-state index contributed by atoms with van der Waals surface area (Å²) in [7, 11) is 0. The molecule has 0 spiro atoms. The molecule has 0 radical (unpaired) electrons. The van der Waals surface area contributed by atoms with Crippen LogP contribution in [0.1, 0.15) is 36.6 Å². The highest BCUT2D eigenvalue weighted by Gasteiger charge is 2.20. The Morgan fingerprint density at radius 3 is 3.00 bits per heavy atom. The minimum atomic E-state index is -0.254. The molecule has 2 heterocycles. The third-order valence-electron chi connectivity index (χ3n) is 3.60. The van der Waals surface area contributed by atoms with E-state index in [1.165, 1.54) is 0 Å². The van der Waals surface area contributed by atoms with Gasteiger partial charge in [-0.05, 0) is 24.5 Å². The zero-order valence-electron chi connectivity index (χ0n) is 12.1. The fraction of sp³-hybridized carbons (Fsp3) is 0.533. The summed E-state index contributed by atoms with van der Waals surface area (Å²) in [5, 5.41) is 9.03. The van der Waals surface area contributed by atoms with Crippen LogP contribution in [0.15, 0.2) is 6.07 Å². The van der Waals surface area contributed by atoms with Crippen LogP contribution in [0.2, 0.25) is 0 Å². The normalized spacial score (nSPS) is 14.0. The Kier molecular flexibility index (Phi) is 5.34. The summed E-state index contributed by atoms with van der Waals surface area (Å²) < 4.78 is 5.72. The molecule has 2 rings (SSSR count). The fourth-order valence-electron chi connectivity index (χ4n) is 2.33. The van der Waals surface area contributed by atoms with Crippen LogP contribution in [0.25, 0.3) is 0 Å². The molecule has 112 valence electrons. The molecular weight excluding hydrogens is 286 g/mol. The third kappa shape index (κ3) is 3.82. The molecule has 6 heteroatoms. The Balaban J connectivity index is 2.05. The number of carbonyl (C=O) groups is 1. The van der Waals surface area contributed by atoms with E-state index < -0.39 is 0 Å². The first-order valence-electron chi connectivity index (χ1n) is 7.22. The first-order chi connectivity index (χ1) is 10.2. The number of unbranched alkanes of at least 4 members (excludes halogenated alkanes) is 1. The highest BCUT2D eigenvalue weighted by Crippen LogP contribution is 2.17. The van der Waals surface area contributed by atoms with Crippen molar-refractivity contribution in [3.8, 4) is 6.07 Å². The van der Waals surface area contributed by atoms with E-state index in [1.54, 1.807) is 4.90 Å². The Bertz CT molecular complexity index is 618. The van der Waals surface area contributed by atoms with Crippen molar-refractivity contribution in [2.75, 3.05) is 19.7 Å². The van der Waals surface area contributed by atoms with Crippen LogP contribution in [-0.4, -0.2) is 35.7 Å². The zero-order valence-corrected chi connectivity index (χ0v) is 13.0. The van der Waals surface area contributed by atoms with Gasteiger partial charge in [0.1, 0.15) is 10.7 Å². The second-order valence-corrected chi connectivity index (χ2v) is 5.49. The molecule has 1 aliphatic rings. The average Bonchev–Trinajstić information content (AvgIpc) is 2.68. The number of carbonyl (C=O) groups excluding carboxylic acids is 1. The fourth-order valence-corrected chi connectivity index (χ4v) is 2.56. The predicted octanol–water partition coefficient (Wildman–Crippen LogP) is 2.95. The lowest BCUT2D eigenvalue weighted by Gasteiger charge is -2.19. The molecule has 0 saturated carbocycles. The number of nitriles is 1. The van der Waals surface area contributed by atoms with Crippen LogP contribution in [0.4, 0.5) is 4.79 Å². The maximum atomic E-state index is 12.0. The lowest BCUT2D eigenvalue weighted by molar-refractivity contribution is 0.103. The number of hydrogen-bond acceptors (Lipinski definition) is 4. The zero-order chi connectivity index (χ0) is 15.2. The third-order valence-corrected chi connectivity index (χ3v) is 3.92. The van der Waals surface area contributed by atoms with Crippen LogP contribution in [0.5, 0.6) is 0 Å². The first kappa shape index (κ1) is 15.5. The summed E-state index contributed by atoms with van der Waals surface area (Å²) in [5.74, 6) is 0. The number of amides is 1.